The van der Waals surface area contributed by atoms with E-state index in [0.717, 1.165) is 29.8 Å². The quantitative estimate of drug-likeness (QED) is 0.680. The Balaban J connectivity index is 1.88. The molecule has 1 aromatic carbocycles. The van der Waals surface area contributed by atoms with Gasteiger partial charge in [0.15, 0.2) is 0 Å². The molecule has 0 saturated heterocycles. The number of nitrogens with two attached hydrogens (primary N) is 1. The molecule has 0 fully saturated rings. The number of hydrogen-bond acceptors (Lipinski definition) is 3. The molecule has 1 aliphatic carbocycles. The molecule has 0 saturated carbocycles. The highest BCUT2D eigenvalue weighted by Crippen LogP contribution is 2.43. The third-order valence-electron chi connectivity index (χ3n) is 5.22. The van der Waals surface area contributed by atoms with Crippen LogP contribution < -0.4 is 11.1 Å². The van der Waals surface area contributed by atoms with Gasteiger partial charge in [0.1, 0.15) is 0 Å². The third-order valence-corrected chi connectivity index (χ3v) is 6.86. The molecule has 1 aromatic heterocycles. The number of amides is 1. The van der Waals surface area contributed by atoms with E-state index in [1.807, 2.05) is 6.92 Å². The number of benzene rings is 1. The van der Waals surface area contributed by atoms with Crippen molar-refractivity contribution in [2.75, 3.05) is 5.32 Å². The van der Waals surface area contributed by atoms with Gasteiger partial charge >= 0.3 is 0 Å². The minimum atomic E-state index is -3.05. The number of carbonyl (C=O) groups is 1. The lowest BCUT2D eigenvalue weighted by molar-refractivity contribution is 0.101. The zero-order valence-corrected chi connectivity index (χ0v) is 17.8. The first kappa shape index (κ1) is 20.4. The summed E-state index contributed by atoms with van der Waals surface area (Å²) in [4.78, 5) is 14.1. The topological polar surface area (TPSA) is 55.1 Å². The Morgan fingerprint density at radius 2 is 2.11 bits per heavy atom. The van der Waals surface area contributed by atoms with Crippen molar-refractivity contribution in [3.63, 3.8) is 0 Å². The van der Waals surface area contributed by atoms with Crippen LogP contribution in [0.5, 0.6) is 0 Å². The molecule has 3 nitrogen and oxygen atoms in total. The van der Waals surface area contributed by atoms with Crippen LogP contribution in [-0.2, 0) is 25.1 Å². The molecule has 1 atom stereocenters. The molecule has 146 valence electrons. The molecule has 3 rings (SSSR count). The maximum Gasteiger partial charge on any atom is 0.283 e. The summed E-state index contributed by atoms with van der Waals surface area (Å²) in [5.74, 6) is -0.310. The second-order valence-corrected chi connectivity index (χ2v) is 9.78. The number of alkyl halides is 2. The number of aryl methyl sites for hydroxylation is 1. The molecule has 0 aliphatic heterocycles. The summed E-state index contributed by atoms with van der Waals surface area (Å²) in [6.45, 7) is 6.59. The van der Waals surface area contributed by atoms with Crippen molar-refractivity contribution in [1.29, 1.82) is 0 Å². The van der Waals surface area contributed by atoms with Crippen molar-refractivity contribution in [3.8, 4) is 0 Å². The summed E-state index contributed by atoms with van der Waals surface area (Å²) >= 11 is 1.62. The molecule has 1 unspecified atom stereocenters. The first-order valence-electron chi connectivity index (χ1n) is 8.94. The van der Waals surface area contributed by atoms with E-state index in [2.05, 4.69) is 19.2 Å². The van der Waals surface area contributed by atoms with Crippen LogP contribution >= 0.6 is 20.6 Å². The van der Waals surface area contributed by atoms with Crippen molar-refractivity contribution in [2.45, 2.75) is 52.2 Å². The standard InChI is InChI=1S/C20H25F2N2OPS/c1-11-15-9-19(2,3)7-6-16(15)27-18(11)24-17(25)14-5-4-13(20(21,22)26)8-12(14)10-23/h4-5,8H,6-7,9-10,23,26H2,1-3H3,(H,24,25). The lowest BCUT2D eigenvalue weighted by Crippen LogP contribution is -2.21. The van der Waals surface area contributed by atoms with E-state index >= 15 is 0 Å². The summed E-state index contributed by atoms with van der Waals surface area (Å²) in [6.07, 6.45) is 3.16. The SMILES string of the molecule is Cc1c(NC(=O)c2ccc(C(F)(F)P)cc2CN)sc2c1CC(C)(C)CC2. The monoisotopic (exact) mass is 410 g/mol. The Morgan fingerprint density at radius 3 is 2.74 bits per heavy atom. The van der Waals surface area contributed by atoms with Gasteiger partial charge in [0, 0.05) is 22.5 Å². The molecule has 2 aromatic rings. The van der Waals surface area contributed by atoms with Crippen LogP contribution in [0.25, 0.3) is 0 Å². The largest absolute Gasteiger partial charge is 0.326 e. The number of rotatable bonds is 4. The van der Waals surface area contributed by atoms with Gasteiger partial charge in [-0.05, 0) is 60.4 Å². The zero-order valence-electron chi connectivity index (χ0n) is 15.8. The molecule has 27 heavy (non-hydrogen) atoms. The second-order valence-electron chi connectivity index (χ2n) is 7.95. The second kappa shape index (κ2) is 7.23. The predicted octanol–water partition coefficient (Wildman–Crippen LogP) is 5.21. The Kier molecular flexibility index (Phi) is 5.46. The van der Waals surface area contributed by atoms with Gasteiger partial charge in [0.25, 0.3) is 11.6 Å². The van der Waals surface area contributed by atoms with E-state index in [1.165, 1.54) is 37.9 Å². The molecular weight excluding hydrogens is 385 g/mol. The number of hydrogen-bond donors (Lipinski definition) is 2. The van der Waals surface area contributed by atoms with Crippen molar-refractivity contribution in [2.24, 2.45) is 11.1 Å². The van der Waals surface area contributed by atoms with Gasteiger partial charge in [0.2, 0.25) is 0 Å². The average molecular weight is 410 g/mol. The molecular formula is C20H25F2N2OPS. The lowest BCUT2D eigenvalue weighted by atomic mass is 9.76. The molecule has 0 bridgehead atoms. The summed E-state index contributed by atoms with van der Waals surface area (Å²) in [5.41, 5.74) is 5.95. The lowest BCUT2D eigenvalue weighted by Gasteiger charge is -2.29. The molecule has 3 N–H and O–H groups in total. The van der Waals surface area contributed by atoms with Crippen LogP contribution in [0.15, 0.2) is 18.2 Å². The first-order valence-corrected chi connectivity index (χ1v) is 10.3. The predicted molar refractivity (Wildman–Crippen MR) is 111 cm³/mol. The van der Waals surface area contributed by atoms with Crippen LogP contribution in [0.4, 0.5) is 13.8 Å². The Labute approximate surface area is 164 Å². The molecule has 1 heterocycles. The number of halogens is 2. The molecule has 0 radical (unpaired) electrons. The Bertz CT molecular complexity index is 887. The summed E-state index contributed by atoms with van der Waals surface area (Å²) in [6, 6.07) is 4.00. The van der Waals surface area contributed by atoms with Gasteiger partial charge in [-0.2, -0.15) is 8.78 Å². The normalized spacial score (nSPS) is 16.1. The van der Waals surface area contributed by atoms with E-state index in [1.54, 1.807) is 11.3 Å². The number of thiophene rings is 1. The smallest absolute Gasteiger partial charge is 0.283 e. The maximum atomic E-state index is 13.5. The summed E-state index contributed by atoms with van der Waals surface area (Å²) in [5, 5.41) is 3.81. The van der Waals surface area contributed by atoms with Crippen LogP contribution in [0.3, 0.4) is 0 Å². The van der Waals surface area contributed by atoms with Crippen LogP contribution in [0.2, 0.25) is 0 Å². The van der Waals surface area contributed by atoms with Gasteiger partial charge in [0.05, 0.1) is 5.00 Å². The Hall–Kier alpha value is -1.36. The number of nitrogens with one attached hydrogen (secondary N) is 1. The summed E-state index contributed by atoms with van der Waals surface area (Å²) in [7, 11) is 1.51. The minimum Gasteiger partial charge on any atom is -0.326 e. The fourth-order valence-electron chi connectivity index (χ4n) is 3.54. The zero-order chi connectivity index (χ0) is 20.0. The Morgan fingerprint density at radius 1 is 1.41 bits per heavy atom. The van der Waals surface area contributed by atoms with E-state index < -0.39 is 5.66 Å². The van der Waals surface area contributed by atoms with Crippen molar-refractivity contribution in [3.05, 3.63) is 50.9 Å². The minimum absolute atomic E-state index is 0.0193. The van der Waals surface area contributed by atoms with Crippen molar-refractivity contribution >= 4 is 31.5 Å². The third kappa shape index (κ3) is 4.23. The van der Waals surface area contributed by atoms with Gasteiger partial charge in [-0.3, -0.25) is 4.79 Å². The number of fused-ring (bicyclic) bond motifs is 1. The highest BCUT2D eigenvalue weighted by Gasteiger charge is 2.30. The highest BCUT2D eigenvalue weighted by molar-refractivity contribution is 7.17. The fourth-order valence-corrected chi connectivity index (χ4v) is 4.94. The molecule has 0 spiro atoms. The fraction of sp³-hybridized carbons (Fsp3) is 0.450. The van der Waals surface area contributed by atoms with Crippen LogP contribution in [0, 0.1) is 12.3 Å². The number of anilines is 1. The van der Waals surface area contributed by atoms with Gasteiger partial charge < -0.3 is 11.1 Å². The average Bonchev–Trinajstić information content (AvgIpc) is 2.88. The van der Waals surface area contributed by atoms with Gasteiger partial charge in [-0.15, -0.1) is 11.3 Å². The van der Waals surface area contributed by atoms with Gasteiger partial charge in [-0.1, -0.05) is 29.2 Å². The van der Waals surface area contributed by atoms with Gasteiger partial charge in [-0.25, -0.2) is 0 Å². The van der Waals surface area contributed by atoms with E-state index in [4.69, 9.17) is 5.73 Å². The molecule has 7 heteroatoms. The van der Waals surface area contributed by atoms with E-state index in [-0.39, 0.29) is 23.4 Å². The van der Waals surface area contributed by atoms with Crippen molar-refractivity contribution < 1.29 is 13.6 Å². The molecule has 1 aliphatic rings. The maximum absolute atomic E-state index is 13.5. The summed E-state index contributed by atoms with van der Waals surface area (Å²) < 4.78 is 27.0. The van der Waals surface area contributed by atoms with Crippen LogP contribution in [0.1, 0.15) is 57.8 Å². The number of carbonyl (C=O) groups excluding carboxylic acids is 1. The highest BCUT2D eigenvalue weighted by atomic mass is 32.1. The van der Waals surface area contributed by atoms with Crippen LogP contribution in [-0.4, -0.2) is 5.91 Å². The van der Waals surface area contributed by atoms with E-state index in [9.17, 15) is 13.6 Å². The van der Waals surface area contributed by atoms with E-state index in [0.29, 0.717) is 11.1 Å². The van der Waals surface area contributed by atoms with Crippen molar-refractivity contribution in [1.82, 2.24) is 0 Å². The first-order chi connectivity index (χ1) is 12.5. The molecule has 1 amide bonds.